The first kappa shape index (κ1) is 14.9. The van der Waals surface area contributed by atoms with Crippen molar-refractivity contribution in [1.29, 1.82) is 0 Å². The van der Waals surface area contributed by atoms with Gasteiger partial charge in [-0.25, -0.2) is 0 Å². The number of nitrogens with zero attached hydrogens (tertiary/aromatic N) is 1. The van der Waals surface area contributed by atoms with Crippen molar-refractivity contribution in [3.8, 4) is 11.5 Å². The molecule has 3 rings (SSSR count). The first-order valence-corrected chi connectivity index (χ1v) is 8.24. The van der Waals surface area contributed by atoms with E-state index in [9.17, 15) is 4.79 Å². The van der Waals surface area contributed by atoms with Crippen LogP contribution in [0, 0.1) is 0 Å². The van der Waals surface area contributed by atoms with Crippen LogP contribution < -0.4 is 9.47 Å². The lowest BCUT2D eigenvalue weighted by Crippen LogP contribution is -2.30. The van der Waals surface area contributed by atoms with Crippen molar-refractivity contribution >= 4 is 17.2 Å². The molecule has 1 aromatic heterocycles. The Bertz CT molecular complexity index is 654. The number of hydrogen-bond donors (Lipinski definition) is 0. The van der Waals surface area contributed by atoms with Gasteiger partial charge in [0.2, 0.25) is 0 Å². The summed E-state index contributed by atoms with van der Waals surface area (Å²) in [7, 11) is 3.31. The molecule has 1 fully saturated rings. The molecule has 0 radical (unpaired) electrons. The van der Waals surface area contributed by atoms with E-state index in [2.05, 4.69) is 0 Å². The molecule has 1 aliphatic heterocycles. The third kappa shape index (κ3) is 2.68. The highest BCUT2D eigenvalue weighted by Gasteiger charge is 2.32. The number of likely N-dealkylation sites (tertiary alicyclic amines) is 1. The third-order valence-corrected chi connectivity index (χ3v) is 4.76. The fourth-order valence-corrected chi connectivity index (χ4v) is 3.61. The second-order valence-electron chi connectivity index (χ2n) is 5.28. The highest BCUT2D eigenvalue weighted by Crippen LogP contribution is 2.39. The highest BCUT2D eigenvalue weighted by molar-refractivity contribution is 7.08. The molecule has 1 aromatic carbocycles. The van der Waals surface area contributed by atoms with Crippen molar-refractivity contribution in [3.63, 3.8) is 0 Å². The first-order valence-electron chi connectivity index (χ1n) is 7.29. The van der Waals surface area contributed by atoms with E-state index in [1.54, 1.807) is 25.6 Å². The molecule has 0 bridgehead atoms. The standard InChI is InChI=1S/C17H19NO3S/c1-20-13-5-6-16(21-2)14(10-13)15-4-3-8-18(15)17(19)12-7-9-22-11-12/h5-7,9-11,15H,3-4,8H2,1-2H3/t15-/m1/s1. The van der Waals surface area contributed by atoms with E-state index in [4.69, 9.17) is 9.47 Å². The van der Waals surface area contributed by atoms with Crippen LogP contribution in [0.2, 0.25) is 0 Å². The van der Waals surface area contributed by atoms with Crippen LogP contribution >= 0.6 is 11.3 Å². The second-order valence-corrected chi connectivity index (χ2v) is 6.06. The Morgan fingerprint density at radius 1 is 1.27 bits per heavy atom. The molecule has 1 saturated heterocycles. The van der Waals surface area contributed by atoms with Gasteiger partial charge in [0.25, 0.3) is 5.91 Å². The number of benzene rings is 1. The molecule has 0 unspecified atom stereocenters. The van der Waals surface area contributed by atoms with Gasteiger partial charge in [-0.2, -0.15) is 11.3 Å². The van der Waals surface area contributed by atoms with Gasteiger partial charge in [0, 0.05) is 17.5 Å². The summed E-state index contributed by atoms with van der Waals surface area (Å²) in [5.41, 5.74) is 1.78. The van der Waals surface area contributed by atoms with Crippen LogP contribution in [-0.4, -0.2) is 31.6 Å². The number of thiophene rings is 1. The Hall–Kier alpha value is -2.01. The normalized spacial score (nSPS) is 17.5. The minimum atomic E-state index is 0.0393. The van der Waals surface area contributed by atoms with Crippen LogP contribution in [0.4, 0.5) is 0 Å². The van der Waals surface area contributed by atoms with Gasteiger partial charge >= 0.3 is 0 Å². The first-order chi connectivity index (χ1) is 10.7. The maximum absolute atomic E-state index is 12.7. The van der Waals surface area contributed by atoms with Gasteiger partial charge in [-0.3, -0.25) is 4.79 Å². The van der Waals surface area contributed by atoms with Crippen molar-refractivity contribution in [1.82, 2.24) is 4.90 Å². The lowest BCUT2D eigenvalue weighted by molar-refractivity contribution is 0.0734. The van der Waals surface area contributed by atoms with E-state index in [0.717, 1.165) is 42.0 Å². The summed E-state index contributed by atoms with van der Waals surface area (Å²) in [6.07, 6.45) is 1.94. The number of hydrogen-bond acceptors (Lipinski definition) is 4. The largest absolute Gasteiger partial charge is 0.497 e. The fraction of sp³-hybridized carbons (Fsp3) is 0.353. The summed E-state index contributed by atoms with van der Waals surface area (Å²) in [6, 6.07) is 7.67. The van der Waals surface area contributed by atoms with E-state index < -0.39 is 0 Å². The summed E-state index contributed by atoms with van der Waals surface area (Å²) >= 11 is 1.55. The maximum atomic E-state index is 12.7. The molecule has 1 amide bonds. The molecule has 4 nitrogen and oxygen atoms in total. The number of ether oxygens (including phenoxy) is 2. The molecule has 0 N–H and O–H groups in total. The third-order valence-electron chi connectivity index (χ3n) is 4.08. The second kappa shape index (κ2) is 6.40. The molecular weight excluding hydrogens is 298 g/mol. The number of methoxy groups -OCH3 is 2. The summed E-state index contributed by atoms with van der Waals surface area (Å²) in [6.45, 7) is 0.777. The van der Waals surface area contributed by atoms with E-state index in [1.165, 1.54) is 0 Å². The van der Waals surface area contributed by atoms with E-state index in [0.29, 0.717) is 0 Å². The van der Waals surface area contributed by atoms with Crippen LogP contribution in [0.25, 0.3) is 0 Å². The molecule has 116 valence electrons. The van der Waals surface area contributed by atoms with Gasteiger partial charge in [-0.15, -0.1) is 0 Å². The van der Waals surface area contributed by atoms with Gasteiger partial charge in [-0.05, 0) is 42.5 Å². The number of carbonyl (C=O) groups excluding carboxylic acids is 1. The summed E-state index contributed by atoms with van der Waals surface area (Å²) in [4.78, 5) is 14.7. The Morgan fingerprint density at radius 2 is 2.14 bits per heavy atom. The molecule has 0 aliphatic carbocycles. The molecule has 2 heterocycles. The monoisotopic (exact) mass is 317 g/mol. The Labute approximate surface area is 134 Å². The van der Waals surface area contributed by atoms with Crippen molar-refractivity contribution in [2.45, 2.75) is 18.9 Å². The van der Waals surface area contributed by atoms with Crippen molar-refractivity contribution in [2.24, 2.45) is 0 Å². The van der Waals surface area contributed by atoms with Crippen LogP contribution in [0.15, 0.2) is 35.0 Å². The van der Waals surface area contributed by atoms with Gasteiger partial charge in [0.05, 0.1) is 25.8 Å². The van der Waals surface area contributed by atoms with E-state index in [1.807, 2.05) is 39.9 Å². The minimum Gasteiger partial charge on any atom is -0.497 e. The quantitative estimate of drug-likeness (QED) is 0.862. The van der Waals surface area contributed by atoms with Crippen LogP contribution in [0.5, 0.6) is 11.5 Å². The van der Waals surface area contributed by atoms with Crippen LogP contribution in [-0.2, 0) is 0 Å². The fourth-order valence-electron chi connectivity index (χ4n) is 2.98. The van der Waals surface area contributed by atoms with E-state index in [-0.39, 0.29) is 11.9 Å². The maximum Gasteiger partial charge on any atom is 0.255 e. The highest BCUT2D eigenvalue weighted by atomic mass is 32.1. The van der Waals surface area contributed by atoms with Gasteiger partial charge in [0.15, 0.2) is 0 Å². The lowest BCUT2D eigenvalue weighted by Gasteiger charge is -2.26. The predicted octanol–water partition coefficient (Wildman–Crippen LogP) is 3.74. The molecule has 1 atom stereocenters. The molecule has 22 heavy (non-hydrogen) atoms. The predicted molar refractivity (Wildman–Crippen MR) is 86.9 cm³/mol. The van der Waals surface area contributed by atoms with Crippen LogP contribution in [0.1, 0.15) is 34.8 Å². The SMILES string of the molecule is COc1ccc(OC)c([C@H]2CCCN2C(=O)c2ccsc2)c1. The van der Waals surface area contributed by atoms with Gasteiger partial charge in [-0.1, -0.05) is 0 Å². The zero-order chi connectivity index (χ0) is 15.5. The molecule has 5 heteroatoms. The zero-order valence-corrected chi connectivity index (χ0v) is 13.6. The minimum absolute atomic E-state index is 0.0393. The van der Waals surface area contributed by atoms with E-state index >= 15 is 0 Å². The number of rotatable bonds is 4. The van der Waals surface area contributed by atoms with Gasteiger partial charge < -0.3 is 14.4 Å². The molecule has 2 aromatic rings. The number of carbonyl (C=O) groups is 1. The summed E-state index contributed by atoms with van der Waals surface area (Å²) in [5.74, 6) is 1.68. The Morgan fingerprint density at radius 3 is 2.82 bits per heavy atom. The number of amides is 1. The average Bonchev–Trinajstić information content (AvgIpc) is 3.24. The lowest BCUT2D eigenvalue weighted by atomic mass is 10.0. The Balaban J connectivity index is 1.94. The van der Waals surface area contributed by atoms with Crippen molar-refractivity contribution < 1.29 is 14.3 Å². The van der Waals surface area contributed by atoms with Crippen LogP contribution in [0.3, 0.4) is 0 Å². The van der Waals surface area contributed by atoms with Crippen molar-refractivity contribution in [2.75, 3.05) is 20.8 Å². The topological polar surface area (TPSA) is 38.8 Å². The molecule has 0 saturated carbocycles. The molecular formula is C17H19NO3S. The van der Waals surface area contributed by atoms with Gasteiger partial charge in [0.1, 0.15) is 11.5 Å². The smallest absolute Gasteiger partial charge is 0.255 e. The summed E-state index contributed by atoms with van der Waals surface area (Å²) in [5, 5.41) is 3.84. The average molecular weight is 317 g/mol. The zero-order valence-electron chi connectivity index (χ0n) is 12.7. The summed E-state index contributed by atoms with van der Waals surface area (Å²) < 4.78 is 10.8. The van der Waals surface area contributed by atoms with Crippen molar-refractivity contribution in [3.05, 3.63) is 46.2 Å². The molecule has 1 aliphatic rings. The molecule has 0 spiro atoms. The Kier molecular flexibility index (Phi) is 4.34.